The van der Waals surface area contributed by atoms with Crippen LogP contribution >= 0.6 is 27.5 Å². The number of anilines is 1. The van der Waals surface area contributed by atoms with Crippen LogP contribution in [0.5, 0.6) is 5.75 Å². The van der Waals surface area contributed by atoms with E-state index in [0.717, 1.165) is 10.0 Å². The highest BCUT2D eigenvalue weighted by molar-refractivity contribution is 9.10. The number of benzene rings is 2. The Morgan fingerprint density at radius 1 is 1.30 bits per heavy atom. The van der Waals surface area contributed by atoms with Crippen LogP contribution < -0.4 is 10.1 Å². The highest BCUT2D eigenvalue weighted by atomic mass is 79.9. The minimum Gasteiger partial charge on any atom is -0.497 e. The number of carbonyl (C=O) groups is 1. The SMILES string of the molecule is COc1ccc(NC(=O)Cc2cccc(Br)c2)c(Cl)c1. The molecule has 0 unspecified atom stereocenters. The van der Waals surface area contributed by atoms with Gasteiger partial charge in [-0.05, 0) is 29.8 Å². The van der Waals surface area contributed by atoms with Crippen LogP contribution in [0.4, 0.5) is 5.69 Å². The van der Waals surface area contributed by atoms with E-state index in [9.17, 15) is 4.79 Å². The standard InChI is InChI=1S/C15H13BrClNO2/c1-20-12-5-6-14(13(17)9-12)18-15(19)8-10-3-2-4-11(16)7-10/h2-7,9H,8H2,1H3,(H,18,19). The summed E-state index contributed by atoms with van der Waals surface area (Å²) >= 11 is 9.46. The Labute approximate surface area is 131 Å². The maximum Gasteiger partial charge on any atom is 0.228 e. The molecule has 0 bridgehead atoms. The molecule has 2 aromatic carbocycles. The van der Waals surface area contributed by atoms with Crippen molar-refractivity contribution in [2.24, 2.45) is 0 Å². The number of methoxy groups -OCH3 is 1. The molecule has 1 N–H and O–H groups in total. The van der Waals surface area contributed by atoms with Crippen molar-refractivity contribution in [3.8, 4) is 5.75 Å². The van der Waals surface area contributed by atoms with E-state index in [1.165, 1.54) is 0 Å². The Hall–Kier alpha value is -1.52. The van der Waals surface area contributed by atoms with Gasteiger partial charge in [0.2, 0.25) is 5.91 Å². The predicted octanol–water partition coefficient (Wildman–Crippen LogP) is 4.29. The Morgan fingerprint density at radius 2 is 2.10 bits per heavy atom. The van der Waals surface area contributed by atoms with Crippen LogP contribution in [-0.2, 0) is 11.2 Å². The first-order chi connectivity index (χ1) is 9.58. The van der Waals surface area contributed by atoms with Crippen LogP contribution in [0.15, 0.2) is 46.9 Å². The summed E-state index contributed by atoms with van der Waals surface area (Å²) in [5, 5.41) is 3.24. The third-order valence-electron chi connectivity index (χ3n) is 2.70. The summed E-state index contributed by atoms with van der Waals surface area (Å²) < 4.78 is 6.01. The van der Waals surface area contributed by atoms with E-state index in [2.05, 4.69) is 21.2 Å². The van der Waals surface area contributed by atoms with Gasteiger partial charge in [0.25, 0.3) is 0 Å². The van der Waals surface area contributed by atoms with Gasteiger partial charge < -0.3 is 10.1 Å². The van der Waals surface area contributed by atoms with E-state index in [1.807, 2.05) is 24.3 Å². The van der Waals surface area contributed by atoms with Crippen LogP contribution in [0, 0.1) is 0 Å². The molecular weight excluding hydrogens is 342 g/mol. The molecule has 104 valence electrons. The van der Waals surface area contributed by atoms with Crippen LogP contribution in [0.1, 0.15) is 5.56 Å². The monoisotopic (exact) mass is 353 g/mol. The summed E-state index contributed by atoms with van der Waals surface area (Å²) in [4.78, 5) is 12.0. The van der Waals surface area contributed by atoms with Crippen molar-refractivity contribution in [1.82, 2.24) is 0 Å². The Morgan fingerprint density at radius 3 is 2.75 bits per heavy atom. The molecule has 0 aliphatic rings. The van der Waals surface area contributed by atoms with Crippen LogP contribution in [0.3, 0.4) is 0 Å². The van der Waals surface area contributed by atoms with Crippen molar-refractivity contribution in [2.45, 2.75) is 6.42 Å². The Kier molecular flexibility index (Phi) is 5.04. The molecule has 2 aromatic rings. The third kappa shape index (κ3) is 3.99. The van der Waals surface area contributed by atoms with E-state index in [4.69, 9.17) is 16.3 Å². The molecule has 1 amide bonds. The number of hydrogen-bond acceptors (Lipinski definition) is 2. The lowest BCUT2D eigenvalue weighted by Gasteiger charge is -2.09. The number of carbonyl (C=O) groups excluding carboxylic acids is 1. The highest BCUT2D eigenvalue weighted by Gasteiger charge is 2.08. The zero-order valence-electron chi connectivity index (χ0n) is 10.8. The van der Waals surface area contributed by atoms with Gasteiger partial charge in [-0.2, -0.15) is 0 Å². The van der Waals surface area contributed by atoms with Crippen molar-refractivity contribution in [1.29, 1.82) is 0 Å². The first-order valence-corrected chi connectivity index (χ1v) is 7.13. The van der Waals surface area contributed by atoms with Crippen LogP contribution in [0.25, 0.3) is 0 Å². The summed E-state index contributed by atoms with van der Waals surface area (Å²) in [5.41, 5.74) is 1.51. The molecule has 0 saturated carbocycles. The lowest BCUT2D eigenvalue weighted by molar-refractivity contribution is -0.115. The van der Waals surface area contributed by atoms with Gasteiger partial charge in [-0.25, -0.2) is 0 Å². The van der Waals surface area contributed by atoms with Crippen molar-refractivity contribution < 1.29 is 9.53 Å². The van der Waals surface area contributed by atoms with Gasteiger partial charge in [0.1, 0.15) is 5.75 Å². The van der Waals surface area contributed by atoms with Gasteiger partial charge in [-0.1, -0.05) is 39.7 Å². The zero-order valence-corrected chi connectivity index (χ0v) is 13.2. The van der Waals surface area contributed by atoms with Gasteiger partial charge in [-0.3, -0.25) is 4.79 Å². The topological polar surface area (TPSA) is 38.3 Å². The first-order valence-electron chi connectivity index (χ1n) is 5.96. The fourth-order valence-corrected chi connectivity index (χ4v) is 2.42. The fourth-order valence-electron chi connectivity index (χ4n) is 1.75. The molecule has 20 heavy (non-hydrogen) atoms. The molecule has 3 nitrogen and oxygen atoms in total. The molecule has 0 heterocycles. The number of nitrogens with one attached hydrogen (secondary N) is 1. The maximum atomic E-state index is 12.0. The summed E-state index contributed by atoms with van der Waals surface area (Å²) in [7, 11) is 1.57. The van der Waals surface area contributed by atoms with Crippen molar-refractivity contribution in [2.75, 3.05) is 12.4 Å². The summed E-state index contributed by atoms with van der Waals surface area (Å²) in [6.45, 7) is 0. The fraction of sp³-hybridized carbons (Fsp3) is 0.133. The summed E-state index contributed by atoms with van der Waals surface area (Å²) in [5.74, 6) is 0.537. The van der Waals surface area contributed by atoms with Gasteiger partial charge >= 0.3 is 0 Å². The second-order valence-electron chi connectivity index (χ2n) is 4.20. The maximum absolute atomic E-state index is 12.0. The average molecular weight is 355 g/mol. The molecule has 0 saturated heterocycles. The summed E-state index contributed by atoms with van der Waals surface area (Å²) in [6.07, 6.45) is 0.293. The Balaban J connectivity index is 2.05. The lowest BCUT2D eigenvalue weighted by Crippen LogP contribution is -2.14. The van der Waals surface area contributed by atoms with E-state index >= 15 is 0 Å². The van der Waals surface area contributed by atoms with Gasteiger partial charge in [-0.15, -0.1) is 0 Å². The van der Waals surface area contributed by atoms with Gasteiger partial charge in [0, 0.05) is 10.5 Å². The number of halogens is 2. The normalized spacial score (nSPS) is 10.2. The molecule has 2 rings (SSSR count). The van der Waals surface area contributed by atoms with Crippen molar-refractivity contribution >= 4 is 39.1 Å². The molecule has 0 aliphatic heterocycles. The Bertz CT molecular complexity index is 631. The second kappa shape index (κ2) is 6.77. The molecule has 0 aromatic heterocycles. The van der Waals surface area contributed by atoms with Crippen molar-refractivity contribution in [3.05, 3.63) is 57.5 Å². The van der Waals surface area contributed by atoms with Crippen molar-refractivity contribution in [3.63, 3.8) is 0 Å². The zero-order chi connectivity index (χ0) is 14.5. The number of amides is 1. The molecule has 0 atom stereocenters. The van der Waals surface area contributed by atoms with E-state index < -0.39 is 0 Å². The van der Waals surface area contributed by atoms with E-state index in [-0.39, 0.29) is 5.91 Å². The highest BCUT2D eigenvalue weighted by Crippen LogP contribution is 2.26. The molecule has 5 heteroatoms. The number of hydrogen-bond donors (Lipinski definition) is 1. The average Bonchev–Trinajstić information content (AvgIpc) is 2.41. The molecule has 0 fully saturated rings. The van der Waals surface area contributed by atoms with Gasteiger partial charge in [0.15, 0.2) is 0 Å². The third-order valence-corrected chi connectivity index (χ3v) is 3.51. The minimum atomic E-state index is -0.116. The van der Waals surface area contributed by atoms with Crippen LogP contribution in [-0.4, -0.2) is 13.0 Å². The predicted molar refractivity (Wildman–Crippen MR) is 84.5 cm³/mol. The lowest BCUT2D eigenvalue weighted by atomic mass is 10.1. The smallest absolute Gasteiger partial charge is 0.228 e. The first kappa shape index (κ1) is 14.9. The molecular formula is C15H13BrClNO2. The number of rotatable bonds is 4. The second-order valence-corrected chi connectivity index (χ2v) is 5.52. The quantitative estimate of drug-likeness (QED) is 0.889. The minimum absolute atomic E-state index is 0.116. The largest absolute Gasteiger partial charge is 0.497 e. The van der Waals surface area contributed by atoms with E-state index in [1.54, 1.807) is 25.3 Å². The van der Waals surface area contributed by atoms with Crippen LogP contribution in [0.2, 0.25) is 5.02 Å². The van der Waals surface area contributed by atoms with Gasteiger partial charge in [0.05, 0.1) is 24.2 Å². The molecule has 0 aliphatic carbocycles. The summed E-state index contributed by atoms with van der Waals surface area (Å²) in [6, 6.07) is 12.8. The molecule has 0 radical (unpaired) electrons. The van der Waals surface area contributed by atoms with E-state index in [0.29, 0.717) is 22.9 Å². The molecule has 0 spiro atoms. The number of ether oxygens (including phenoxy) is 1.